The number of unbranched alkanes of at least 4 members (excludes halogenated alkanes) is 12. The van der Waals surface area contributed by atoms with E-state index in [0.29, 0.717) is 24.5 Å². The number of carbonyl (C=O) groups is 2. The van der Waals surface area contributed by atoms with Crippen molar-refractivity contribution < 1.29 is 19.1 Å². The number of rotatable bonds is 20. The number of hydrogen-bond donors (Lipinski definition) is 0. The summed E-state index contributed by atoms with van der Waals surface area (Å²) >= 11 is 3.15. The molecule has 1 aliphatic heterocycles. The number of ketones is 1. The second-order valence-corrected chi connectivity index (χ2v) is 13.5. The van der Waals surface area contributed by atoms with Gasteiger partial charge in [-0.1, -0.05) is 96.1 Å². The van der Waals surface area contributed by atoms with E-state index in [2.05, 4.69) is 11.9 Å². The molecule has 0 N–H and O–H groups in total. The van der Waals surface area contributed by atoms with Crippen LogP contribution in [0.1, 0.15) is 114 Å². The lowest BCUT2D eigenvalue weighted by atomic mass is 10.0. The number of fused-ring (bicyclic) bond motifs is 1. The number of carbonyl (C=O) groups excluding carboxylic acids is 2. The van der Waals surface area contributed by atoms with Gasteiger partial charge in [0.1, 0.15) is 34.2 Å². The smallest absolute Gasteiger partial charge is 0.311 e. The second-order valence-electron chi connectivity index (χ2n) is 11.4. The van der Waals surface area contributed by atoms with Gasteiger partial charge in [-0.2, -0.15) is 0 Å². The molecule has 0 spiro atoms. The number of thioether (sulfide) groups is 1. The Morgan fingerprint density at radius 1 is 0.837 bits per heavy atom. The molecule has 8 heteroatoms. The molecule has 0 amide bonds. The van der Waals surface area contributed by atoms with Crippen molar-refractivity contribution >= 4 is 50.1 Å². The maximum absolute atomic E-state index is 12.3. The van der Waals surface area contributed by atoms with Crippen LogP contribution < -0.4 is 9.47 Å². The van der Waals surface area contributed by atoms with Crippen molar-refractivity contribution in [2.75, 3.05) is 5.75 Å². The number of benzene rings is 2. The second kappa shape index (κ2) is 18.2. The van der Waals surface area contributed by atoms with Crippen LogP contribution in [-0.2, 0) is 16.2 Å². The molecule has 0 bridgehead atoms. The van der Waals surface area contributed by atoms with Gasteiger partial charge >= 0.3 is 5.97 Å². The van der Waals surface area contributed by atoms with E-state index in [9.17, 15) is 9.59 Å². The first-order valence-electron chi connectivity index (χ1n) is 16.1. The molecule has 0 saturated carbocycles. The highest BCUT2D eigenvalue weighted by Gasteiger charge is 2.24. The Hall–Kier alpha value is -2.71. The number of ether oxygens (including phenoxy) is 2. The first-order valence-corrected chi connectivity index (χ1v) is 17.9. The minimum absolute atomic E-state index is 0.0931. The van der Waals surface area contributed by atoms with E-state index in [4.69, 9.17) is 14.5 Å². The van der Waals surface area contributed by atoms with Crippen molar-refractivity contribution in [3.63, 3.8) is 0 Å². The molecule has 4 rings (SSSR count). The SMILES string of the molecule is CCCCCCCCCCCCCCCC(=O)Oc1ccc(COc2ccc3nc(C4=NC(C(C)=O)CS4)sc3c2)cc1. The summed E-state index contributed by atoms with van der Waals surface area (Å²) in [7, 11) is 0. The van der Waals surface area contributed by atoms with Crippen molar-refractivity contribution in [2.45, 2.75) is 116 Å². The summed E-state index contributed by atoms with van der Waals surface area (Å²) in [5, 5.41) is 1.69. The average molecular weight is 623 g/mol. The van der Waals surface area contributed by atoms with Gasteiger partial charge in [-0.3, -0.25) is 14.6 Å². The van der Waals surface area contributed by atoms with Crippen LogP contribution >= 0.6 is 23.1 Å². The number of hydrogen-bond acceptors (Lipinski definition) is 8. The Morgan fingerprint density at radius 3 is 2.09 bits per heavy atom. The Labute approximate surface area is 265 Å². The molecule has 1 aromatic heterocycles. The first-order chi connectivity index (χ1) is 21.0. The summed E-state index contributed by atoms with van der Waals surface area (Å²) in [6.45, 7) is 4.26. The lowest BCUT2D eigenvalue weighted by Crippen LogP contribution is -2.14. The van der Waals surface area contributed by atoms with Crippen molar-refractivity contribution in [1.29, 1.82) is 0 Å². The maximum Gasteiger partial charge on any atom is 0.311 e. The number of thiazole rings is 1. The monoisotopic (exact) mass is 622 g/mol. The summed E-state index contributed by atoms with van der Waals surface area (Å²) in [6, 6.07) is 13.1. The summed E-state index contributed by atoms with van der Waals surface area (Å²) < 4.78 is 12.6. The predicted molar refractivity (Wildman–Crippen MR) is 180 cm³/mol. The van der Waals surface area contributed by atoms with Crippen LogP contribution in [0.5, 0.6) is 11.5 Å². The van der Waals surface area contributed by atoms with Gasteiger partial charge in [0.2, 0.25) is 0 Å². The minimum Gasteiger partial charge on any atom is -0.489 e. The Balaban J connectivity index is 1.09. The van der Waals surface area contributed by atoms with E-state index < -0.39 is 0 Å². The highest BCUT2D eigenvalue weighted by Crippen LogP contribution is 2.32. The van der Waals surface area contributed by atoms with Gasteiger partial charge in [-0.05, 0) is 49.2 Å². The molecule has 2 heterocycles. The molecular formula is C35H46N2O4S2. The molecule has 6 nitrogen and oxygen atoms in total. The van der Waals surface area contributed by atoms with Crippen molar-refractivity contribution in [3.8, 4) is 11.5 Å². The van der Waals surface area contributed by atoms with E-state index >= 15 is 0 Å². The predicted octanol–water partition coefficient (Wildman–Crippen LogP) is 9.71. The molecule has 1 aliphatic rings. The summed E-state index contributed by atoms with van der Waals surface area (Å²) in [4.78, 5) is 33.1. The van der Waals surface area contributed by atoms with Crippen molar-refractivity contribution in [1.82, 2.24) is 4.98 Å². The Bertz CT molecular complexity index is 1340. The van der Waals surface area contributed by atoms with Crippen LogP contribution in [0.25, 0.3) is 10.2 Å². The van der Waals surface area contributed by atoms with Crippen molar-refractivity contribution in [3.05, 3.63) is 53.0 Å². The molecule has 1 atom stereocenters. The minimum atomic E-state index is -0.259. The Morgan fingerprint density at radius 2 is 1.47 bits per heavy atom. The Kier molecular flexibility index (Phi) is 14.0. The highest BCUT2D eigenvalue weighted by atomic mass is 32.2. The van der Waals surface area contributed by atoms with Gasteiger partial charge in [0.05, 0.1) is 10.2 Å². The van der Waals surface area contributed by atoms with Gasteiger partial charge in [-0.15, -0.1) is 23.1 Å². The van der Waals surface area contributed by atoms with Gasteiger partial charge in [0.15, 0.2) is 5.78 Å². The third-order valence-electron chi connectivity index (χ3n) is 7.71. The number of Topliss-reactive ketones (excluding diaryl/α,β-unsaturated/α-hetero) is 1. The topological polar surface area (TPSA) is 77.8 Å². The third-order valence-corrected chi connectivity index (χ3v) is 9.92. The molecule has 0 fully saturated rings. The van der Waals surface area contributed by atoms with E-state index in [1.54, 1.807) is 30.0 Å². The molecule has 0 saturated heterocycles. The number of esters is 1. The highest BCUT2D eigenvalue weighted by molar-refractivity contribution is 8.15. The normalized spacial score (nSPS) is 14.7. The number of aliphatic imine (C=N–C) groups is 1. The van der Waals surface area contributed by atoms with Crippen LogP contribution in [0.2, 0.25) is 0 Å². The molecule has 2 aromatic carbocycles. The largest absolute Gasteiger partial charge is 0.489 e. The quantitative estimate of drug-likeness (QED) is 0.0709. The zero-order valence-electron chi connectivity index (χ0n) is 25.8. The van der Waals surface area contributed by atoms with Gasteiger partial charge < -0.3 is 9.47 Å². The van der Waals surface area contributed by atoms with Gasteiger partial charge in [0, 0.05) is 12.2 Å². The molecule has 3 aromatic rings. The summed E-state index contributed by atoms with van der Waals surface area (Å²) in [5.41, 5.74) is 1.89. The molecule has 1 unspecified atom stereocenters. The fraction of sp³-hybridized carbons (Fsp3) is 0.543. The maximum atomic E-state index is 12.3. The first kappa shape index (κ1) is 33.2. The average Bonchev–Trinajstić information content (AvgIpc) is 3.67. The number of aromatic nitrogens is 1. The lowest BCUT2D eigenvalue weighted by molar-refractivity contribution is -0.134. The summed E-state index contributed by atoms with van der Waals surface area (Å²) in [5.74, 6) is 1.95. The fourth-order valence-electron chi connectivity index (χ4n) is 5.08. The zero-order valence-corrected chi connectivity index (χ0v) is 27.4. The van der Waals surface area contributed by atoms with Crippen LogP contribution in [0, 0.1) is 0 Å². The van der Waals surface area contributed by atoms with E-state index in [-0.39, 0.29) is 17.8 Å². The summed E-state index contributed by atoms with van der Waals surface area (Å²) in [6.07, 6.45) is 17.2. The zero-order chi connectivity index (χ0) is 30.3. The van der Waals surface area contributed by atoms with Crippen LogP contribution in [0.3, 0.4) is 0 Å². The van der Waals surface area contributed by atoms with Crippen LogP contribution in [0.4, 0.5) is 0 Å². The van der Waals surface area contributed by atoms with E-state index in [1.165, 1.54) is 70.6 Å². The molecule has 0 radical (unpaired) electrons. The standard InChI is InChI=1S/C35H46N2O4S2/c1-3-4-5-6-7-8-9-10-11-12-13-14-15-16-33(39)41-28-19-17-27(18-20-28)24-40-29-21-22-30-32(23-29)43-35(36-30)34-37-31(25-42-34)26(2)38/h17-23,31H,3-16,24-25H2,1-2H3. The van der Waals surface area contributed by atoms with Crippen LogP contribution in [-0.4, -0.2) is 33.6 Å². The molecule has 0 aliphatic carbocycles. The molecular weight excluding hydrogens is 577 g/mol. The molecule has 43 heavy (non-hydrogen) atoms. The van der Waals surface area contributed by atoms with Crippen molar-refractivity contribution in [2.24, 2.45) is 4.99 Å². The molecule has 232 valence electrons. The lowest BCUT2D eigenvalue weighted by Gasteiger charge is -2.08. The van der Waals surface area contributed by atoms with E-state index in [0.717, 1.165) is 44.4 Å². The van der Waals surface area contributed by atoms with E-state index in [1.807, 2.05) is 42.5 Å². The number of nitrogens with zero attached hydrogens (tertiary/aromatic N) is 2. The fourth-order valence-corrected chi connectivity index (χ4v) is 7.26. The third kappa shape index (κ3) is 11.4. The van der Waals surface area contributed by atoms with Crippen LogP contribution in [0.15, 0.2) is 47.5 Å². The van der Waals surface area contributed by atoms with Gasteiger partial charge in [0.25, 0.3) is 0 Å². The van der Waals surface area contributed by atoms with Gasteiger partial charge in [-0.25, -0.2) is 4.98 Å².